The van der Waals surface area contributed by atoms with Crippen LogP contribution < -0.4 is 5.32 Å². The van der Waals surface area contributed by atoms with Crippen LogP contribution in [0.2, 0.25) is 0 Å². The third-order valence-corrected chi connectivity index (χ3v) is 3.08. The van der Waals surface area contributed by atoms with Crippen LogP contribution in [0.15, 0.2) is 23.0 Å². The number of furan rings is 1. The van der Waals surface area contributed by atoms with Crippen molar-refractivity contribution in [3.05, 3.63) is 24.2 Å². The van der Waals surface area contributed by atoms with Crippen LogP contribution in [0.1, 0.15) is 30.6 Å². The minimum Gasteiger partial charge on any atom is -0.472 e. The molecule has 0 aliphatic carbocycles. The maximum atomic E-state index is 11.7. The zero-order chi connectivity index (χ0) is 15.8. The van der Waals surface area contributed by atoms with E-state index < -0.39 is 30.5 Å². The van der Waals surface area contributed by atoms with Crippen LogP contribution in [0.25, 0.3) is 0 Å². The standard InChI is InChI=1S/C14H19NO6/c1-4-9(2)12(14(18)19-3)15-11(16)8-21-13(17)10-5-6-20-7-10/h5-7,9,12H,4,8H2,1-3H3,(H,15,16). The van der Waals surface area contributed by atoms with Crippen LogP contribution in [0.5, 0.6) is 0 Å². The summed E-state index contributed by atoms with van der Waals surface area (Å²) in [4.78, 5) is 34.9. The van der Waals surface area contributed by atoms with E-state index in [0.717, 1.165) is 0 Å². The lowest BCUT2D eigenvalue weighted by molar-refractivity contribution is -0.147. The quantitative estimate of drug-likeness (QED) is 0.758. The summed E-state index contributed by atoms with van der Waals surface area (Å²) in [7, 11) is 1.25. The molecule has 0 aliphatic heterocycles. The number of hydrogen-bond donors (Lipinski definition) is 1. The maximum absolute atomic E-state index is 11.7. The highest BCUT2D eigenvalue weighted by atomic mass is 16.5. The molecule has 7 heteroatoms. The molecule has 1 aromatic heterocycles. The van der Waals surface area contributed by atoms with E-state index in [1.54, 1.807) is 0 Å². The van der Waals surface area contributed by atoms with Crippen molar-refractivity contribution in [2.75, 3.05) is 13.7 Å². The summed E-state index contributed by atoms with van der Waals surface area (Å²) in [6.07, 6.45) is 3.23. The van der Waals surface area contributed by atoms with E-state index in [2.05, 4.69) is 10.1 Å². The van der Waals surface area contributed by atoms with E-state index in [1.807, 2.05) is 13.8 Å². The molecule has 0 spiro atoms. The van der Waals surface area contributed by atoms with Crippen LogP contribution in [0, 0.1) is 5.92 Å². The average molecular weight is 297 g/mol. The molecule has 0 bridgehead atoms. The summed E-state index contributed by atoms with van der Waals surface area (Å²) in [5.74, 6) is -1.86. The van der Waals surface area contributed by atoms with Gasteiger partial charge in [0.2, 0.25) is 0 Å². The van der Waals surface area contributed by atoms with E-state index in [0.29, 0.717) is 6.42 Å². The smallest absolute Gasteiger partial charge is 0.341 e. The monoisotopic (exact) mass is 297 g/mol. The molecule has 0 saturated heterocycles. The summed E-state index contributed by atoms with van der Waals surface area (Å²) in [5, 5.41) is 2.50. The Hall–Kier alpha value is -2.31. The van der Waals surface area contributed by atoms with Crippen LogP contribution in [-0.2, 0) is 19.1 Å². The number of rotatable bonds is 7. The molecule has 1 amide bonds. The predicted octanol–water partition coefficient (Wildman–Crippen LogP) is 1.14. The summed E-state index contributed by atoms with van der Waals surface area (Å²) >= 11 is 0. The fourth-order valence-corrected chi connectivity index (χ4v) is 1.61. The van der Waals surface area contributed by atoms with Crippen molar-refractivity contribution in [1.82, 2.24) is 5.32 Å². The first-order valence-electron chi connectivity index (χ1n) is 6.56. The molecular weight excluding hydrogens is 278 g/mol. The van der Waals surface area contributed by atoms with Crippen molar-refractivity contribution in [2.24, 2.45) is 5.92 Å². The number of carbonyl (C=O) groups excluding carboxylic acids is 3. The van der Waals surface area contributed by atoms with Gasteiger partial charge in [0.1, 0.15) is 12.3 Å². The normalized spacial score (nSPS) is 13.1. The molecule has 2 unspecified atom stereocenters. The Morgan fingerprint density at radius 1 is 1.38 bits per heavy atom. The van der Waals surface area contributed by atoms with Gasteiger partial charge in [-0.1, -0.05) is 20.3 Å². The van der Waals surface area contributed by atoms with Gasteiger partial charge in [-0.3, -0.25) is 4.79 Å². The molecule has 7 nitrogen and oxygen atoms in total. The van der Waals surface area contributed by atoms with Crippen LogP contribution in [-0.4, -0.2) is 37.6 Å². The second-order valence-electron chi connectivity index (χ2n) is 4.54. The average Bonchev–Trinajstić information content (AvgIpc) is 3.03. The lowest BCUT2D eigenvalue weighted by Gasteiger charge is -2.21. The van der Waals surface area contributed by atoms with E-state index in [1.165, 1.54) is 25.7 Å². The van der Waals surface area contributed by atoms with Gasteiger partial charge in [-0.2, -0.15) is 0 Å². The van der Waals surface area contributed by atoms with Crippen molar-refractivity contribution in [3.63, 3.8) is 0 Å². The molecular formula is C14H19NO6. The molecule has 1 N–H and O–H groups in total. The lowest BCUT2D eigenvalue weighted by Crippen LogP contribution is -2.47. The van der Waals surface area contributed by atoms with Crippen molar-refractivity contribution >= 4 is 17.8 Å². The number of carbonyl (C=O) groups is 3. The molecule has 1 rings (SSSR count). The van der Waals surface area contributed by atoms with Gasteiger partial charge < -0.3 is 19.2 Å². The molecule has 0 radical (unpaired) electrons. The molecule has 0 aromatic carbocycles. The predicted molar refractivity (Wildman–Crippen MR) is 72.4 cm³/mol. The highest BCUT2D eigenvalue weighted by molar-refractivity contribution is 5.91. The summed E-state index contributed by atoms with van der Waals surface area (Å²) in [6, 6.07) is 0.663. The molecule has 0 aliphatic rings. The number of methoxy groups -OCH3 is 1. The molecule has 1 aromatic rings. The molecule has 2 atom stereocenters. The largest absolute Gasteiger partial charge is 0.472 e. The lowest BCUT2D eigenvalue weighted by atomic mass is 9.99. The number of esters is 2. The second-order valence-corrected chi connectivity index (χ2v) is 4.54. The van der Waals surface area contributed by atoms with E-state index in [-0.39, 0.29) is 11.5 Å². The van der Waals surface area contributed by atoms with Crippen LogP contribution >= 0.6 is 0 Å². The third kappa shape index (κ3) is 4.94. The minimum absolute atomic E-state index is 0.0917. The van der Waals surface area contributed by atoms with Gasteiger partial charge >= 0.3 is 11.9 Å². The zero-order valence-electron chi connectivity index (χ0n) is 12.3. The fraction of sp³-hybridized carbons (Fsp3) is 0.500. The van der Waals surface area contributed by atoms with E-state index in [9.17, 15) is 14.4 Å². The van der Waals surface area contributed by atoms with Crippen molar-refractivity contribution in [1.29, 1.82) is 0 Å². The van der Waals surface area contributed by atoms with Crippen molar-refractivity contribution < 1.29 is 28.3 Å². The van der Waals surface area contributed by atoms with E-state index >= 15 is 0 Å². The highest BCUT2D eigenvalue weighted by Crippen LogP contribution is 2.09. The van der Waals surface area contributed by atoms with Gasteiger partial charge in [0, 0.05) is 0 Å². The summed E-state index contributed by atoms with van der Waals surface area (Å²) < 4.78 is 14.2. The first-order valence-corrected chi connectivity index (χ1v) is 6.56. The molecule has 1 heterocycles. The van der Waals surface area contributed by atoms with Crippen molar-refractivity contribution in [2.45, 2.75) is 26.3 Å². The second kappa shape index (κ2) is 8.08. The van der Waals surface area contributed by atoms with Crippen LogP contribution in [0.4, 0.5) is 0 Å². The molecule has 0 saturated carbocycles. The summed E-state index contributed by atoms with van der Waals surface area (Å²) in [6.45, 7) is 3.24. The van der Waals surface area contributed by atoms with Gasteiger partial charge in [0.25, 0.3) is 5.91 Å². The Kier molecular flexibility index (Phi) is 6.45. The Morgan fingerprint density at radius 3 is 2.62 bits per heavy atom. The third-order valence-electron chi connectivity index (χ3n) is 3.08. The number of hydrogen-bond acceptors (Lipinski definition) is 6. The number of nitrogens with one attached hydrogen (secondary N) is 1. The van der Waals surface area contributed by atoms with Gasteiger partial charge in [0.05, 0.1) is 18.9 Å². The SMILES string of the molecule is CCC(C)C(NC(=O)COC(=O)c1ccoc1)C(=O)OC. The van der Waals surface area contributed by atoms with Crippen LogP contribution in [0.3, 0.4) is 0 Å². The van der Waals surface area contributed by atoms with Gasteiger partial charge in [0.15, 0.2) is 6.61 Å². The minimum atomic E-state index is -0.764. The summed E-state index contributed by atoms with van der Waals surface area (Å²) in [5.41, 5.74) is 0.217. The van der Waals surface area contributed by atoms with Gasteiger partial charge in [-0.05, 0) is 12.0 Å². The molecule has 21 heavy (non-hydrogen) atoms. The fourth-order valence-electron chi connectivity index (χ4n) is 1.61. The van der Waals surface area contributed by atoms with Crippen molar-refractivity contribution in [3.8, 4) is 0 Å². The van der Waals surface area contributed by atoms with Gasteiger partial charge in [-0.15, -0.1) is 0 Å². The number of ether oxygens (including phenoxy) is 2. The number of amides is 1. The van der Waals surface area contributed by atoms with E-state index in [4.69, 9.17) is 9.15 Å². The first kappa shape index (κ1) is 16.7. The Bertz CT molecular complexity index is 482. The maximum Gasteiger partial charge on any atom is 0.341 e. The molecule has 0 fully saturated rings. The highest BCUT2D eigenvalue weighted by Gasteiger charge is 2.27. The Morgan fingerprint density at radius 2 is 2.10 bits per heavy atom. The molecule has 116 valence electrons. The first-order chi connectivity index (χ1) is 9.99. The zero-order valence-corrected chi connectivity index (χ0v) is 12.3. The Labute approximate surface area is 122 Å². The van der Waals surface area contributed by atoms with Gasteiger partial charge in [-0.25, -0.2) is 9.59 Å². The Balaban J connectivity index is 2.50. The topological polar surface area (TPSA) is 94.8 Å².